The first-order valence-corrected chi connectivity index (χ1v) is 28.9. The molecule has 416 valence electrons. The molecule has 6 aliphatic rings. The lowest BCUT2D eigenvalue weighted by molar-refractivity contribution is -0.384. The summed E-state index contributed by atoms with van der Waals surface area (Å²) in [6, 6.07) is 17.1. The number of aliphatic hydroxyl groups is 1. The lowest BCUT2D eigenvalue weighted by Gasteiger charge is -2.58. The van der Waals surface area contributed by atoms with Gasteiger partial charge < -0.3 is 44.2 Å². The minimum absolute atomic E-state index is 0.0342. The van der Waals surface area contributed by atoms with Gasteiger partial charge in [0.25, 0.3) is 27.5 Å². The van der Waals surface area contributed by atoms with Gasteiger partial charge in [0.1, 0.15) is 30.4 Å². The molecule has 0 bridgehead atoms. The van der Waals surface area contributed by atoms with Crippen LogP contribution in [0.4, 0.5) is 21.5 Å². The number of piperidine rings is 1. The van der Waals surface area contributed by atoms with Gasteiger partial charge in [-0.25, -0.2) is 17.5 Å². The van der Waals surface area contributed by atoms with E-state index < -0.39 is 42.9 Å². The van der Waals surface area contributed by atoms with Crippen LogP contribution in [-0.4, -0.2) is 127 Å². The quantitative estimate of drug-likeness (QED) is 0.0411. The lowest BCUT2D eigenvalue weighted by atomic mass is 9.59. The molecule has 4 N–H and O–H groups in total. The fourth-order valence-corrected chi connectivity index (χ4v) is 13.6. The second-order valence-electron chi connectivity index (χ2n) is 23.0. The molecule has 5 aromatic rings. The highest BCUT2D eigenvalue weighted by Gasteiger charge is 2.51. The van der Waals surface area contributed by atoms with E-state index in [1.165, 1.54) is 30.4 Å². The number of rotatable bonds is 16. The summed E-state index contributed by atoms with van der Waals surface area (Å²) < 4.78 is 69.2. The average Bonchev–Trinajstić information content (AvgIpc) is 4.33. The van der Waals surface area contributed by atoms with E-state index in [1.54, 1.807) is 19.1 Å². The van der Waals surface area contributed by atoms with Crippen LogP contribution in [0.3, 0.4) is 0 Å². The highest BCUT2D eigenvalue weighted by atomic mass is 32.2. The summed E-state index contributed by atoms with van der Waals surface area (Å²) in [5, 5.41) is 26.3. The fraction of sp³-hybridized carbons (Fsp3) is 0.526. The molecule has 0 unspecified atom stereocenters. The topological polar surface area (TPSA) is 231 Å². The molecule has 78 heavy (non-hydrogen) atoms. The number of fused-ring (bicyclic) bond motifs is 2. The number of aromatic amines is 1. The van der Waals surface area contributed by atoms with Gasteiger partial charge in [-0.05, 0) is 112 Å². The molecular formula is C57H69FN8O11S. The number of nitrogens with zero attached hydrogens (tertiary/aromatic N) is 5. The van der Waals surface area contributed by atoms with E-state index in [9.17, 15) is 33.2 Å². The van der Waals surface area contributed by atoms with Crippen LogP contribution in [0.15, 0.2) is 71.8 Å². The van der Waals surface area contributed by atoms with Crippen molar-refractivity contribution < 1.29 is 51.4 Å². The maximum atomic E-state index is 15.1. The number of carbonyl (C=O) groups is 2. The summed E-state index contributed by atoms with van der Waals surface area (Å²) in [6.07, 6.45) is 9.51. The summed E-state index contributed by atoms with van der Waals surface area (Å²) in [4.78, 5) is 53.3. The van der Waals surface area contributed by atoms with Gasteiger partial charge in [-0.3, -0.25) is 24.6 Å². The zero-order valence-corrected chi connectivity index (χ0v) is 45.4. The largest absolute Gasteiger partial charge is 0.489 e. The first-order chi connectivity index (χ1) is 37.4. The molecule has 0 radical (unpaired) electrons. The maximum Gasteiger partial charge on any atom is 0.297 e. The Balaban J connectivity index is 0.838. The highest BCUT2D eigenvalue weighted by molar-refractivity contribution is 7.90. The molecule has 11 rings (SSSR count). The van der Waals surface area contributed by atoms with Crippen molar-refractivity contribution in [3.63, 3.8) is 0 Å². The van der Waals surface area contributed by atoms with Gasteiger partial charge in [-0.15, -0.1) is 0 Å². The Labute approximate surface area is 453 Å². The number of aromatic nitrogens is 2. The average molecular weight is 1090 g/mol. The number of ether oxygens (including phenoxy) is 4. The van der Waals surface area contributed by atoms with Crippen LogP contribution in [0.5, 0.6) is 23.1 Å². The smallest absolute Gasteiger partial charge is 0.297 e. The molecule has 3 aliphatic heterocycles. The summed E-state index contributed by atoms with van der Waals surface area (Å²) in [5.41, 5.74) is 2.14. The third kappa shape index (κ3) is 10.8. The van der Waals surface area contributed by atoms with Crippen molar-refractivity contribution in [2.45, 2.75) is 120 Å². The van der Waals surface area contributed by atoms with Crippen molar-refractivity contribution in [1.82, 2.24) is 24.5 Å². The summed E-state index contributed by atoms with van der Waals surface area (Å²) in [5.74, 6) is -1.06. The van der Waals surface area contributed by atoms with Crippen molar-refractivity contribution >= 4 is 49.9 Å². The van der Waals surface area contributed by atoms with E-state index in [0.717, 1.165) is 69.9 Å². The van der Waals surface area contributed by atoms with Gasteiger partial charge in [0.15, 0.2) is 17.2 Å². The standard InChI is InChI=1S/C57H69FN8O11S/c1-34(2)40-7-5-6-8-41(40)47-32-64(55(68)36-9-10-36)21-22-65(47)38-29-57(30-38)17-19-63(20-18-57)37-11-12-42(48(25-37)77-50-28-43-44(58)31-59-52(43)61-54(50)75-24-23-74-4)53(67)62-78(72,73)39-26-46(66(70)71)51-49(27-39)76-33-45(60-51)35-13-15-56(3,69)16-14-35/h5-8,11-12,25-28,31,34-36,38,45,47,60,69H,9-10,13-24,29-30,32-33H2,1-4H3,(H,59,61)(H,62,67)/t35-,45-,47+,56-/m1/s1. The van der Waals surface area contributed by atoms with E-state index in [1.807, 2.05) is 0 Å². The molecule has 21 heteroatoms. The molecule has 3 aromatic carbocycles. The first kappa shape index (κ1) is 53.5. The number of piperazine rings is 1. The van der Waals surface area contributed by atoms with Crippen LogP contribution in [0.2, 0.25) is 0 Å². The number of nitro benzene ring substituents is 1. The van der Waals surface area contributed by atoms with Crippen LogP contribution in [-0.2, 0) is 19.6 Å². The van der Waals surface area contributed by atoms with Crippen LogP contribution in [0, 0.1) is 33.2 Å². The Bertz CT molecular complexity index is 3210. The molecule has 2 aromatic heterocycles. The molecule has 2 amide bonds. The minimum atomic E-state index is -4.80. The number of anilines is 2. The number of nitrogens with one attached hydrogen (secondary N) is 3. The number of nitro groups is 1. The second kappa shape index (κ2) is 21.3. The Hall–Kier alpha value is -6.55. The van der Waals surface area contributed by atoms with Crippen molar-refractivity contribution in [2.75, 3.05) is 69.9 Å². The number of benzene rings is 3. The molecule has 2 saturated heterocycles. The Kier molecular flexibility index (Phi) is 14.6. The van der Waals surface area contributed by atoms with E-state index in [2.05, 4.69) is 72.8 Å². The fourth-order valence-electron chi connectivity index (χ4n) is 12.6. The molecule has 19 nitrogen and oxygen atoms in total. The van der Waals surface area contributed by atoms with Gasteiger partial charge in [-0.2, -0.15) is 4.98 Å². The van der Waals surface area contributed by atoms with E-state index in [0.29, 0.717) is 68.9 Å². The van der Waals surface area contributed by atoms with Gasteiger partial charge in [-0.1, -0.05) is 38.1 Å². The molecule has 1 spiro atoms. The van der Waals surface area contributed by atoms with Crippen molar-refractivity contribution in [2.24, 2.45) is 17.3 Å². The molecule has 2 atom stereocenters. The van der Waals surface area contributed by atoms with E-state index in [4.69, 9.17) is 18.9 Å². The second-order valence-corrected chi connectivity index (χ2v) is 24.7. The number of H-pyrrole nitrogens is 1. The number of methoxy groups -OCH3 is 1. The van der Waals surface area contributed by atoms with Crippen molar-refractivity contribution in [3.8, 4) is 23.1 Å². The van der Waals surface area contributed by atoms with Gasteiger partial charge in [0.2, 0.25) is 5.91 Å². The minimum Gasteiger partial charge on any atom is -0.489 e. The van der Waals surface area contributed by atoms with Crippen LogP contribution >= 0.6 is 0 Å². The molecule has 5 fully saturated rings. The first-order valence-electron chi connectivity index (χ1n) is 27.4. The summed E-state index contributed by atoms with van der Waals surface area (Å²) >= 11 is 0. The predicted octanol–water partition coefficient (Wildman–Crippen LogP) is 8.83. The van der Waals surface area contributed by atoms with Crippen molar-refractivity contribution in [3.05, 3.63) is 99.5 Å². The number of hydrogen-bond donors (Lipinski definition) is 4. The van der Waals surface area contributed by atoms with E-state index in [-0.39, 0.29) is 94.6 Å². The van der Waals surface area contributed by atoms with Crippen LogP contribution in [0.1, 0.15) is 118 Å². The number of amides is 2. The Morgan fingerprint density at radius 1 is 0.987 bits per heavy atom. The molecule has 3 aliphatic carbocycles. The highest BCUT2D eigenvalue weighted by Crippen LogP contribution is 2.54. The summed E-state index contributed by atoms with van der Waals surface area (Å²) in [6.45, 7) is 10.3. The Morgan fingerprint density at radius 2 is 1.74 bits per heavy atom. The molecule has 3 saturated carbocycles. The summed E-state index contributed by atoms with van der Waals surface area (Å²) in [7, 11) is -3.29. The Morgan fingerprint density at radius 3 is 2.46 bits per heavy atom. The van der Waals surface area contributed by atoms with E-state index >= 15 is 4.39 Å². The lowest BCUT2D eigenvalue weighted by Crippen LogP contribution is -2.60. The van der Waals surface area contributed by atoms with Crippen molar-refractivity contribution in [1.29, 1.82) is 0 Å². The predicted molar refractivity (Wildman–Crippen MR) is 289 cm³/mol. The van der Waals surface area contributed by atoms with Crippen LogP contribution in [0.25, 0.3) is 11.0 Å². The monoisotopic (exact) mass is 1090 g/mol. The maximum absolute atomic E-state index is 15.1. The van der Waals surface area contributed by atoms with Gasteiger partial charge in [0.05, 0.1) is 45.1 Å². The SMILES string of the molecule is COCCOc1nc2[nH]cc(F)c2cc1Oc1cc(N2CCC3(CC2)CC(N2CCN(C(=O)C4CC4)C[C@H]2c2ccccc2C(C)C)C3)ccc1C(=O)NS(=O)(=O)c1cc2c(c([N+](=O)[O-])c1)N[C@@H]([C@H]1CC[C@](C)(O)CC1)CO2. The normalized spacial score (nSPS) is 23.6. The van der Waals surface area contributed by atoms with Gasteiger partial charge in [0, 0.05) is 87.9 Å². The number of sulfonamides is 1. The van der Waals surface area contributed by atoms with Gasteiger partial charge >= 0.3 is 0 Å². The molecule has 5 heterocycles. The molecular weight excluding hydrogens is 1020 g/mol. The zero-order valence-electron chi connectivity index (χ0n) is 44.6. The number of halogens is 1. The third-order valence-corrected chi connectivity index (χ3v) is 18.7. The zero-order chi connectivity index (χ0) is 54.7. The number of pyridine rings is 1. The van der Waals surface area contributed by atoms with Crippen LogP contribution < -0.4 is 29.1 Å². The number of carbonyl (C=O) groups excluding carboxylic acids is 2. The number of hydrogen-bond acceptors (Lipinski definition) is 15. The third-order valence-electron chi connectivity index (χ3n) is 17.3.